The second-order valence-corrected chi connectivity index (χ2v) is 7.01. The Labute approximate surface area is 162 Å². The van der Waals surface area contributed by atoms with E-state index in [1.807, 2.05) is 0 Å². The molecule has 0 atom stereocenters. The molecule has 144 valence electrons. The molecule has 1 aromatic heterocycles. The zero-order valence-corrected chi connectivity index (χ0v) is 15.6. The topological polar surface area (TPSA) is 79.1 Å². The molecule has 0 N–H and O–H groups in total. The van der Waals surface area contributed by atoms with Crippen molar-refractivity contribution in [3.8, 4) is 11.5 Å². The van der Waals surface area contributed by atoms with E-state index in [-0.39, 0.29) is 30.1 Å². The fourth-order valence-electron chi connectivity index (χ4n) is 2.88. The number of hydrogen-bond donors (Lipinski definition) is 0. The van der Waals surface area contributed by atoms with Crippen molar-refractivity contribution in [1.82, 2.24) is 4.57 Å². The van der Waals surface area contributed by atoms with Crippen LogP contribution in [0.4, 0.5) is 4.39 Å². The van der Waals surface area contributed by atoms with E-state index in [2.05, 4.69) is 9.73 Å². The second kappa shape index (κ2) is 7.43. The highest BCUT2D eigenvalue weighted by atomic mass is 32.1. The summed E-state index contributed by atoms with van der Waals surface area (Å²) in [6.07, 6.45) is 0.0333. The SMILES string of the molecule is COC(=O)Cn1c(=NC(=O)Cc2ccc3c(c2)OCO3)sc2cccc(F)c21. The molecular formula is C19H15FN2O5S. The van der Waals surface area contributed by atoms with E-state index in [1.54, 1.807) is 30.3 Å². The van der Waals surface area contributed by atoms with Crippen LogP contribution < -0.4 is 14.3 Å². The van der Waals surface area contributed by atoms with Crippen LogP contribution in [-0.4, -0.2) is 30.3 Å². The van der Waals surface area contributed by atoms with E-state index in [0.717, 1.165) is 11.3 Å². The van der Waals surface area contributed by atoms with Gasteiger partial charge in [-0.25, -0.2) is 4.39 Å². The molecule has 7 nitrogen and oxygen atoms in total. The normalized spacial score (nSPS) is 13.1. The van der Waals surface area contributed by atoms with Crippen LogP contribution in [0, 0.1) is 5.82 Å². The van der Waals surface area contributed by atoms with Crippen molar-refractivity contribution >= 4 is 33.4 Å². The molecule has 9 heteroatoms. The van der Waals surface area contributed by atoms with Gasteiger partial charge in [-0.1, -0.05) is 23.5 Å². The number of carbonyl (C=O) groups is 2. The molecule has 4 rings (SSSR count). The number of carbonyl (C=O) groups excluding carboxylic acids is 2. The molecule has 0 spiro atoms. The number of fused-ring (bicyclic) bond motifs is 2. The number of methoxy groups -OCH3 is 1. The van der Waals surface area contributed by atoms with E-state index in [9.17, 15) is 14.0 Å². The summed E-state index contributed by atoms with van der Waals surface area (Å²) < 4.78 is 31.5. The van der Waals surface area contributed by atoms with Crippen LogP contribution in [0.5, 0.6) is 11.5 Å². The quantitative estimate of drug-likeness (QED) is 0.627. The van der Waals surface area contributed by atoms with Gasteiger partial charge in [0, 0.05) is 0 Å². The molecular weight excluding hydrogens is 387 g/mol. The van der Waals surface area contributed by atoms with Crippen LogP contribution in [0.15, 0.2) is 41.4 Å². The molecule has 2 heterocycles. The maximum atomic E-state index is 14.3. The molecule has 28 heavy (non-hydrogen) atoms. The molecule has 0 radical (unpaired) electrons. The van der Waals surface area contributed by atoms with E-state index in [0.29, 0.717) is 21.8 Å². The number of aromatic nitrogens is 1. The maximum Gasteiger partial charge on any atom is 0.325 e. The monoisotopic (exact) mass is 402 g/mol. The number of ether oxygens (including phenoxy) is 3. The Morgan fingerprint density at radius 2 is 2.07 bits per heavy atom. The van der Waals surface area contributed by atoms with Crippen molar-refractivity contribution in [2.24, 2.45) is 4.99 Å². The second-order valence-electron chi connectivity index (χ2n) is 6.00. The first kappa shape index (κ1) is 18.2. The summed E-state index contributed by atoms with van der Waals surface area (Å²) >= 11 is 1.13. The summed E-state index contributed by atoms with van der Waals surface area (Å²) in [7, 11) is 1.25. The Hall–Kier alpha value is -3.20. The number of amides is 1. The van der Waals surface area contributed by atoms with Crippen LogP contribution in [0.1, 0.15) is 5.56 Å². The first-order chi connectivity index (χ1) is 13.5. The smallest absolute Gasteiger partial charge is 0.325 e. The van der Waals surface area contributed by atoms with Crippen LogP contribution in [0.3, 0.4) is 0 Å². The molecule has 2 aromatic carbocycles. The van der Waals surface area contributed by atoms with Gasteiger partial charge in [-0.2, -0.15) is 4.99 Å². The first-order valence-corrected chi connectivity index (χ1v) is 9.17. The van der Waals surface area contributed by atoms with Crippen LogP contribution >= 0.6 is 11.3 Å². The van der Waals surface area contributed by atoms with Gasteiger partial charge in [-0.05, 0) is 29.8 Å². The van der Waals surface area contributed by atoms with Crippen LogP contribution in [0.2, 0.25) is 0 Å². The minimum absolute atomic E-state index is 0.0333. The lowest BCUT2D eigenvalue weighted by atomic mass is 10.1. The number of nitrogens with zero attached hydrogens (tertiary/aromatic N) is 2. The van der Waals surface area contributed by atoms with Gasteiger partial charge in [0.2, 0.25) is 6.79 Å². The molecule has 0 aliphatic carbocycles. The number of hydrogen-bond acceptors (Lipinski definition) is 6. The third kappa shape index (κ3) is 3.48. The summed E-state index contributed by atoms with van der Waals surface area (Å²) in [6.45, 7) is -0.0917. The van der Waals surface area contributed by atoms with Crippen molar-refractivity contribution in [2.75, 3.05) is 13.9 Å². The lowest BCUT2D eigenvalue weighted by molar-refractivity contribution is -0.141. The molecule has 3 aromatic rings. The predicted molar refractivity (Wildman–Crippen MR) is 98.6 cm³/mol. The van der Waals surface area contributed by atoms with Gasteiger partial charge < -0.3 is 18.8 Å². The molecule has 0 fully saturated rings. The molecule has 0 unspecified atom stereocenters. The lowest BCUT2D eigenvalue weighted by Gasteiger charge is -2.04. The van der Waals surface area contributed by atoms with Gasteiger partial charge >= 0.3 is 5.97 Å². The number of halogens is 1. The van der Waals surface area contributed by atoms with Crippen LogP contribution in [0.25, 0.3) is 10.2 Å². The Morgan fingerprint density at radius 1 is 1.25 bits per heavy atom. The van der Waals surface area contributed by atoms with Crippen molar-refractivity contribution in [3.05, 3.63) is 52.6 Å². The third-order valence-corrected chi connectivity index (χ3v) is 5.22. The number of esters is 1. The minimum atomic E-state index is -0.562. The standard InChI is InChI=1S/C19H15FN2O5S/c1-25-17(24)9-22-18-12(20)3-2-4-15(18)28-19(22)21-16(23)8-11-5-6-13-14(7-11)27-10-26-13/h2-7H,8-10H2,1H3. The van der Waals surface area contributed by atoms with Crippen molar-refractivity contribution in [2.45, 2.75) is 13.0 Å². The molecule has 0 saturated carbocycles. The Bertz CT molecular complexity index is 1150. The average molecular weight is 402 g/mol. The Balaban J connectivity index is 1.70. The summed E-state index contributed by atoms with van der Waals surface area (Å²) in [5.74, 6) is -0.279. The zero-order valence-electron chi connectivity index (χ0n) is 14.8. The van der Waals surface area contributed by atoms with Crippen LogP contribution in [-0.2, 0) is 27.3 Å². The molecule has 1 amide bonds. The van der Waals surface area contributed by atoms with Crippen molar-refractivity contribution < 1.29 is 28.2 Å². The predicted octanol–water partition coefficient (Wildman–Crippen LogP) is 2.41. The van der Waals surface area contributed by atoms with Gasteiger partial charge in [-0.3, -0.25) is 9.59 Å². The number of para-hydroxylation sites is 1. The highest BCUT2D eigenvalue weighted by Crippen LogP contribution is 2.32. The highest BCUT2D eigenvalue weighted by Gasteiger charge is 2.16. The maximum absolute atomic E-state index is 14.3. The fraction of sp³-hybridized carbons (Fsp3) is 0.211. The Morgan fingerprint density at radius 3 is 2.89 bits per heavy atom. The van der Waals surface area contributed by atoms with Gasteiger partial charge in [0.25, 0.3) is 5.91 Å². The van der Waals surface area contributed by atoms with E-state index in [4.69, 9.17) is 9.47 Å². The highest BCUT2D eigenvalue weighted by molar-refractivity contribution is 7.16. The number of benzene rings is 2. The zero-order chi connectivity index (χ0) is 19.7. The fourth-order valence-corrected chi connectivity index (χ4v) is 3.95. The van der Waals surface area contributed by atoms with Gasteiger partial charge in [0.1, 0.15) is 12.4 Å². The largest absolute Gasteiger partial charge is 0.468 e. The van der Waals surface area contributed by atoms with Gasteiger partial charge in [0.15, 0.2) is 16.3 Å². The van der Waals surface area contributed by atoms with Crippen molar-refractivity contribution in [3.63, 3.8) is 0 Å². The van der Waals surface area contributed by atoms with E-state index in [1.165, 1.54) is 17.7 Å². The summed E-state index contributed by atoms with van der Waals surface area (Å²) in [6, 6.07) is 9.78. The molecule has 0 bridgehead atoms. The summed E-state index contributed by atoms with van der Waals surface area (Å²) in [4.78, 5) is 28.6. The van der Waals surface area contributed by atoms with Gasteiger partial charge in [0.05, 0.1) is 23.7 Å². The lowest BCUT2D eigenvalue weighted by Crippen LogP contribution is -2.23. The minimum Gasteiger partial charge on any atom is -0.468 e. The first-order valence-electron chi connectivity index (χ1n) is 8.36. The summed E-state index contributed by atoms with van der Waals surface area (Å²) in [5.41, 5.74) is 0.928. The summed E-state index contributed by atoms with van der Waals surface area (Å²) in [5, 5.41) is 0. The average Bonchev–Trinajstić information content (AvgIpc) is 3.26. The Kier molecular flexibility index (Phi) is 4.82. The number of thiazole rings is 1. The molecule has 1 aliphatic rings. The van der Waals surface area contributed by atoms with E-state index >= 15 is 0 Å². The molecule has 0 saturated heterocycles. The van der Waals surface area contributed by atoms with E-state index < -0.39 is 17.7 Å². The number of rotatable bonds is 4. The van der Waals surface area contributed by atoms with Gasteiger partial charge in [-0.15, -0.1) is 0 Å². The van der Waals surface area contributed by atoms with Crippen molar-refractivity contribution in [1.29, 1.82) is 0 Å². The third-order valence-electron chi connectivity index (χ3n) is 4.18. The molecule has 1 aliphatic heterocycles.